The molecule has 0 saturated carbocycles. The molecule has 0 amide bonds. The molecule has 7 atom stereocenters. The van der Waals surface area contributed by atoms with Crippen LogP contribution in [0.25, 0.3) is 0 Å². The van der Waals surface area contributed by atoms with Crippen LogP contribution >= 0.6 is 0 Å². The molecule has 2 aliphatic rings. The molecule has 0 aromatic heterocycles. The van der Waals surface area contributed by atoms with Crippen LogP contribution in [0.15, 0.2) is 23.8 Å². The van der Waals surface area contributed by atoms with Gasteiger partial charge in [-0.1, -0.05) is 39.0 Å². The predicted octanol–water partition coefficient (Wildman–Crippen LogP) is 3.47. The Morgan fingerprint density at radius 3 is 2.62 bits per heavy atom. The molecular weight excluding hydrogens is 372 g/mol. The van der Waals surface area contributed by atoms with E-state index >= 15 is 0 Å². The third-order valence-corrected chi connectivity index (χ3v) is 6.45. The molecule has 0 bridgehead atoms. The summed E-state index contributed by atoms with van der Waals surface area (Å²) in [4.78, 5) is 23.1. The fraction of sp³-hybridized carbons (Fsp3) is 0.739. The van der Waals surface area contributed by atoms with Crippen molar-refractivity contribution >= 4 is 11.9 Å². The minimum atomic E-state index is -1.07. The minimum Gasteiger partial charge on any atom is -0.481 e. The Kier molecular flexibility index (Phi) is 8.90. The van der Waals surface area contributed by atoms with Crippen molar-refractivity contribution < 1.29 is 29.6 Å². The largest absolute Gasteiger partial charge is 0.481 e. The van der Waals surface area contributed by atoms with E-state index in [-0.39, 0.29) is 42.7 Å². The van der Waals surface area contributed by atoms with Gasteiger partial charge in [0.2, 0.25) is 0 Å². The Morgan fingerprint density at radius 2 is 1.97 bits per heavy atom. The minimum absolute atomic E-state index is 0.0626. The number of carbonyl (C=O) groups is 2. The van der Waals surface area contributed by atoms with Crippen LogP contribution in [0.1, 0.15) is 65.7 Å². The number of fused-ring (bicyclic) bond motifs is 1. The van der Waals surface area contributed by atoms with Gasteiger partial charge >= 0.3 is 11.9 Å². The van der Waals surface area contributed by atoms with Gasteiger partial charge in [0.1, 0.15) is 6.10 Å². The zero-order valence-corrected chi connectivity index (χ0v) is 17.8. The van der Waals surface area contributed by atoms with Crippen molar-refractivity contribution in [1.82, 2.24) is 0 Å². The summed E-state index contributed by atoms with van der Waals surface area (Å²) in [5, 5.41) is 28.8. The summed E-state index contributed by atoms with van der Waals surface area (Å²) in [5.74, 6) is -0.559. The molecule has 3 N–H and O–H groups in total. The van der Waals surface area contributed by atoms with Crippen molar-refractivity contribution in [3.63, 3.8) is 0 Å². The number of ether oxygens (including phenoxy) is 1. The number of hydrogen-bond acceptors (Lipinski definition) is 5. The molecule has 0 radical (unpaired) electrons. The summed E-state index contributed by atoms with van der Waals surface area (Å²) in [7, 11) is 0. The van der Waals surface area contributed by atoms with Gasteiger partial charge < -0.3 is 20.1 Å². The van der Waals surface area contributed by atoms with Gasteiger partial charge in [0.25, 0.3) is 0 Å². The van der Waals surface area contributed by atoms with Crippen LogP contribution in [-0.4, -0.2) is 45.6 Å². The summed E-state index contributed by atoms with van der Waals surface area (Å²) in [6, 6.07) is 0. The van der Waals surface area contributed by atoms with Crippen molar-refractivity contribution in [2.24, 2.45) is 23.7 Å². The maximum absolute atomic E-state index is 12.4. The summed E-state index contributed by atoms with van der Waals surface area (Å²) < 4.78 is 5.91. The number of carboxylic acids is 1. The Labute approximate surface area is 173 Å². The van der Waals surface area contributed by atoms with Crippen LogP contribution in [0, 0.1) is 23.7 Å². The SMILES string of the molecule is CC[C@@H](C)C(=O)O[C@H]1CC=CC2=CC[C@H](C)[C@H](CC[C@@H](O)C[C@@H](O)CC(=O)O)[C@H]21. The second-order valence-corrected chi connectivity index (χ2v) is 8.75. The van der Waals surface area contributed by atoms with Crippen LogP contribution < -0.4 is 0 Å². The maximum Gasteiger partial charge on any atom is 0.308 e. The van der Waals surface area contributed by atoms with E-state index in [0.29, 0.717) is 18.8 Å². The van der Waals surface area contributed by atoms with Crippen LogP contribution in [0.4, 0.5) is 0 Å². The number of hydrogen-bond donors (Lipinski definition) is 3. The normalized spacial score (nSPS) is 29.3. The molecule has 6 nitrogen and oxygen atoms in total. The highest BCUT2D eigenvalue weighted by Crippen LogP contribution is 2.44. The number of aliphatic hydroxyl groups excluding tert-OH is 2. The Bertz CT molecular complexity index is 625. The zero-order chi connectivity index (χ0) is 21.6. The first-order chi connectivity index (χ1) is 13.7. The van der Waals surface area contributed by atoms with E-state index in [0.717, 1.165) is 19.3 Å². The van der Waals surface area contributed by atoms with Gasteiger partial charge in [-0.15, -0.1) is 0 Å². The first-order valence-electron chi connectivity index (χ1n) is 10.9. The molecule has 0 spiro atoms. The molecule has 2 rings (SSSR count). The monoisotopic (exact) mass is 408 g/mol. The lowest BCUT2D eigenvalue weighted by atomic mass is 9.66. The van der Waals surface area contributed by atoms with E-state index in [2.05, 4.69) is 25.2 Å². The van der Waals surface area contributed by atoms with Crippen molar-refractivity contribution in [1.29, 1.82) is 0 Å². The average Bonchev–Trinajstić information content (AvgIpc) is 2.66. The second kappa shape index (κ2) is 10.9. The first-order valence-corrected chi connectivity index (χ1v) is 10.9. The molecule has 0 saturated heterocycles. The van der Waals surface area contributed by atoms with Gasteiger partial charge in [-0.25, -0.2) is 0 Å². The number of carboxylic acid groups (broad SMARTS) is 1. The van der Waals surface area contributed by atoms with Gasteiger partial charge in [-0.3, -0.25) is 9.59 Å². The van der Waals surface area contributed by atoms with E-state index in [4.69, 9.17) is 9.84 Å². The standard InChI is InChI=1S/C23H36O6/c1-4-14(2)23(28)29-20-7-5-6-16-9-8-15(3)19(22(16)20)11-10-17(24)12-18(25)13-21(26)27/h5-6,9,14-15,17-20,22,24-25H,4,7-8,10-13H2,1-3H3,(H,26,27)/t14-,15+,17-,18-,19+,20+,22+/m1/s1. The summed E-state index contributed by atoms with van der Waals surface area (Å²) >= 11 is 0. The Balaban J connectivity index is 2.03. The van der Waals surface area contributed by atoms with Crippen molar-refractivity contribution in [2.75, 3.05) is 0 Å². The lowest BCUT2D eigenvalue weighted by Gasteiger charge is -2.42. The van der Waals surface area contributed by atoms with Crippen molar-refractivity contribution in [2.45, 2.75) is 84.0 Å². The molecule has 0 heterocycles. The van der Waals surface area contributed by atoms with E-state index in [1.165, 1.54) is 5.57 Å². The molecule has 0 aliphatic heterocycles. The van der Waals surface area contributed by atoms with Crippen LogP contribution in [0.2, 0.25) is 0 Å². The average molecular weight is 409 g/mol. The lowest BCUT2D eigenvalue weighted by molar-refractivity contribution is -0.157. The van der Waals surface area contributed by atoms with E-state index < -0.39 is 18.2 Å². The van der Waals surface area contributed by atoms with Crippen molar-refractivity contribution in [3.8, 4) is 0 Å². The Hall–Kier alpha value is -1.66. The zero-order valence-electron chi connectivity index (χ0n) is 17.8. The number of carbonyl (C=O) groups excluding carboxylic acids is 1. The van der Waals surface area contributed by atoms with E-state index in [1.54, 1.807) is 0 Å². The van der Waals surface area contributed by atoms with E-state index in [1.807, 2.05) is 13.8 Å². The van der Waals surface area contributed by atoms with Gasteiger partial charge in [-0.05, 0) is 49.5 Å². The topological polar surface area (TPSA) is 104 Å². The third kappa shape index (κ3) is 6.68. The molecule has 164 valence electrons. The Morgan fingerprint density at radius 1 is 1.24 bits per heavy atom. The molecule has 2 aliphatic carbocycles. The smallest absolute Gasteiger partial charge is 0.308 e. The van der Waals surface area contributed by atoms with Crippen LogP contribution in [0.5, 0.6) is 0 Å². The van der Waals surface area contributed by atoms with Crippen LogP contribution in [-0.2, 0) is 14.3 Å². The highest BCUT2D eigenvalue weighted by molar-refractivity contribution is 5.72. The van der Waals surface area contributed by atoms with Crippen LogP contribution in [0.3, 0.4) is 0 Å². The summed E-state index contributed by atoms with van der Waals surface area (Å²) in [6.45, 7) is 6.05. The molecule has 0 aromatic rings. The number of rotatable bonds is 10. The molecule has 29 heavy (non-hydrogen) atoms. The second-order valence-electron chi connectivity index (χ2n) is 8.75. The summed E-state index contributed by atoms with van der Waals surface area (Å²) in [5.41, 5.74) is 1.21. The quantitative estimate of drug-likeness (QED) is 0.478. The molecule has 6 heteroatoms. The highest BCUT2D eigenvalue weighted by atomic mass is 16.5. The number of aliphatic hydroxyl groups is 2. The van der Waals surface area contributed by atoms with Crippen molar-refractivity contribution in [3.05, 3.63) is 23.8 Å². The van der Waals surface area contributed by atoms with E-state index in [9.17, 15) is 19.8 Å². The summed E-state index contributed by atoms with van der Waals surface area (Å²) in [6.07, 6.45) is 7.81. The first kappa shape index (κ1) is 23.6. The fourth-order valence-corrected chi connectivity index (χ4v) is 4.51. The third-order valence-electron chi connectivity index (χ3n) is 6.45. The fourth-order valence-electron chi connectivity index (χ4n) is 4.51. The molecule has 0 unspecified atom stereocenters. The maximum atomic E-state index is 12.4. The van der Waals surface area contributed by atoms with Gasteiger partial charge in [0.05, 0.1) is 24.5 Å². The van der Waals surface area contributed by atoms with Gasteiger partial charge in [-0.2, -0.15) is 0 Å². The molecule has 0 fully saturated rings. The number of aliphatic carboxylic acids is 1. The van der Waals surface area contributed by atoms with Gasteiger partial charge in [0, 0.05) is 12.3 Å². The number of allylic oxidation sites excluding steroid dienone is 2. The highest BCUT2D eigenvalue weighted by Gasteiger charge is 2.40. The predicted molar refractivity (Wildman–Crippen MR) is 110 cm³/mol. The van der Waals surface area contributed by atoms with Gasteiger partial charge in [0.15, 0.2) is 0 Å². The molecular formula is C23H36O6. The molecule has 0 aromatic carbocycles. The number of esters is 1. The lowest BCUT2D eigenvalue weighted by Crippen LogP contribution is -2.40.